The van der Waals surface area contributed by atoms with Crippen LogP contribution in [0.5, 0.6) is 0 Å². The van der Waals surface area contributed by atoms with Crippen LogP contribution in [-0.4, -0.2) is 52.9 Å². The van der Waals surface area contributed by atoms with Crippen molar-refractivity contribution in [2.24, 2.45) is 0 Å². The standard InChI is InChI=1S/C15H20FN3O/c16-14-7-3-6-13(17-14)15(20)19-10-4-5-12(11-19)18-8-1-2-9-18/h3,6-7,12H,1-2,4-5,8-11H2. The SMILES string of the molecule is O=C(c1cccc(F)n1)N1CCCC(N2CCCC2)C1. The second kappa shape index (κ2) is 5.87. The summed E-state index contributed by atoms with van der Waals surface area (Å²) in [6.07, 6.45) is 4.69. The van der Waals surface area contributed by atoms with E-state index in [1.54, 1.807) is 6.07 Å². The van der Waals surface area contributed by atoms with Crippen LogP contribution in [0.3, 0.4) is 0 Å². The summed E-state index contributed by atoms with van der Waals surface area (Å²) in [7, 11) is 0. The molecular weight excluding hydrogens is 257 g/mol. The fourth-order valence-corrected chi connectivity index (χ4v) is 3.23. The van der Waals surface area contributed by atoms with E-state index in [2.05, 4.69) is 9.88 Å². The minimum Gasteiger partial charge on any atom is -0.336 e. The molecule has 0 bridgehead atoms. The Bertz CT molecular complexity index is 488. The van der Waals surface area contributed by atoms with Gasteiger partial charge in [0.05, 0.1) is 0 Å². The molecule has 2 aliphatic heterocycles. The first kappa shape index (κ1) is 13.5. The van der Waals surface area contributed by atoms with Crippen LogP contribution in [0.1, 0.15) is 36.2 Å². The largest absolute Gasteiger partial charge is 0.336 e. The van der Waals surface area contributed by atoms with Gasteiger partial charge in [-0.3, -0.25) is 9.69 Å². The van der Waals surface area contributed by atoms with Crippen molar-refractivity contribution in [1.29, 1.82) is 0 Å². The van der Waals surface area contributed by atoms with Crippen LogP contribution in [-0.2, 0) is 0 Å². The number of likely N-dealkylation sites (tertiary alicyclic amines) is 2. The molecule has 1 atom stereocenters. The molecule has 0 radical (unpaired) electrons. The molecule has 0 aromatic carbocycles. The molecule has 1 aromatic rings. The molecule has 0 spiro atoms. The molecular formula is C15H20FN3O. The summed E-state index contributed by atoms with van der Waals surface area (Å²) in [5.41, 5.74) is 0.215. The van der Waals surface area contributed by atoms with E-state index in [9.17, 15) is 9.18 Å². The minimum atomic E-state index is -0.594. The number of pyridine rings is 1. The van der Waals surface area contributed by atoms with Crippen LogP contribution < -0.4 is 0 Å². The Morgan fingerprint density at radius 1 is 1.20 bits per heavy atom. The summed E-state index contributed by atoms with van der Waals surface area (Å²) in [5.74, 6) is -0.739. The molecule has 1 aromatic heterocycles. The fraction of sp³-hybridized carbons (Fsp3) is 0.600. The number of hydrogen-bond donors (Lipinski definition) is 0. The third-order valence-corrected chi connectivity index (χ3v) is 4.28. The number of nitrogens with zero attached hydrogens (tertiary/aromatic N) is 3. The van der Waals surface area contributed by atoms with E-state index in [4.69, 9.17) is 0 Å². The van der Waals surface area contributed by atoms with Crippen LogP contribution in [0.2, 0.25) is 0 Å². The third kappa shape index (κ3) is 2.82. The maximum atomic E-state index is 13.1. The topological polar surface area (TPSA) is 36.4 Å². The molecule has 20 heavy (non-hydrogen) atoms. The zero-order valence-electron chi connectivity index (χ0n) is 11.6. The highest BCUT2D eigenvalue weighted by molar-refractivity contribution is 5.92. The normalized spacial score (nSPS) is 24.1. The summed E-state index contributed by atoms with van der Waals surface area (Å²) in [6, 6.07) is 4.85. The van der Waals surface area contributed by atoms with Crippen LogP contribution >= 0.6 is 0 Å². The van der Waals surface area contributed by atoms with E-state index in [-0.39, 0.29) is 11.6 Å². The first-order chi connectivity index (χ1) is 9.74. The molecule has 0 N–H and O–H groups in total. The monoisotopic (exact) mass is 277 g/mol. The third-order valence-electron chi connectivity index (χ3n) is 4.28. The Labute approximate surface area is 118 Å². The van der Waals surface area contributed by atoms with E-state index in [0.29, 0.717) is 6.04 Å². The molecule has 2 fully saturated rings. The van der Waals surface area contributed by atoms with Gasteiger partial charge in [-0.15, -0.1) is 0 Å². The van der Waals surface area contributed by atoms with Crippen molar-refractivity contribution in [2.75, 3.05) is 26.2 Å². The van der Waals surface area contributed by atoms with Crippen LogP contribution in [0, 0.1) is 5.95 Å². The molecule has 2 saturated heterocycles. The zero-order valence-corrected chi connectivity index (χ0v) is 11.6. The second-order valence-corrected chi connectivity index (χ2v) is 5.64. The van der Waals surface area contributed by atoms with Gasteiger partial charge in [-0.05, 0) is 50.9 Å². The Morgan fingerprint density at radius 2 is 2.00 bits per heavy atom. The van der Waals surface area contributed by atoms with Crippen molar-refractivity contribution in [2.45, 2.75) is 31.7 Å². The number of halogens is 1. The number of aromatic nitrogens is 1. The van der Waals surface area contributed by atoms with Gasteiger partial charge in [0.15, 0.2) is 0 Å². The molecule has 3 rings (SSSR count). The molecule has 2 aliphatic rings. The molecule has 0 saturated carbocycles. The van der Waals surface area contributed by atoms with E-state index >= 15 is 0 Å². The van der Waals surface area contributed by atoms with Gasteiger partial charge in [-0.2, -0.15) is 4.39 Å². The predicted molar refractivity (Wildman–Crippen MR) is 73.9 cm³/mol. The van der Waals surface area contributed by atoms with Crippen molar-refractivity contribution >= 4 is 5.91 Å². The Morgan fingerprint density at radius 3 is 2.75 bits per heavy atom. The molecule has 0 aliphatic carbocycles. The Kier molecular flexibility index (Phi) is 3.96. The molecule has 3 heterocycles. The van der Waals surface area contributed by atoms with Crippen LogP contribution in [0.4, 0.5) is 4.39 Å². The van der Waals surface area contributed by atoms with E-state index in [0.717, 1.165) is 39.0 Å². The van der Waals surface area contributed by atoms with Crippen molar-refractivity contribution in [1.82, 2.24) is 14.8 Å². The highest BCUT2D eigenvalue weighted by Crippen LogP contribution is 2.21. The quantitative estimate of drug-likeness (QED) is 0.775. The van der Waals surface area contributed by atoms with Gasteiger partial charge in [-0.1, -0.05) is 6.07 Å². The second-order valence-electron chi connectivity index (χ2n) is 5.64. The number of rotatable bonds is 2. The molecule has 5 heteroatoms. The van der Waals surface area contributed by atoms with E-state index in [1.165, 1.54) is 25.0 Å². The Hall–Kier alpha value is -1.49. The number of piperidine rings is 1. The van der Waals surface area contributed by atoms with E-state index in [1.807, 2.05) is 4.90 Å². The molecule has 4 nitrogen and oxygen atoms in total. The van der Waals surface area contributed by atoms with Gasteiger partial charge in [0.25, 0.3) is 5.91 Å². The fourth-order valence-electron chi connectivity index (χ4n) is 3.23. The van der Waals surface area contributed by atoms with Crippen molar-refractivity contribution in [3.63, 3.8) is 0 Å². The molecule has 108 valence electrons. The molecule has 1 unspecified atom stereocenters. The summed E-state index contributed by atoms with van der Waals surface area (Å²) in [4.78, 5) is 20.4. The first-order valence-electron chi connectivity index (χ1n) is 7.40. The maximum Gasteiger partial charge on any atom is 0.272 e. The van der Waals surface area contributed by atoms with Gasteiger partial charge >= 0.3 is 0 Å². The highest BCUT2D eigenvalue weighted by atomic mass is 19.1. The van der Waals surface area contributed by atoms with Crippen molar-refractivity contribution in [3.05, 3.63) is 29.8 Å². The number of carbonyl (C=O) groups excluding carboxylic acids is 1. The summed E-state index contributed by atoms with van der Waals surface area (Å²) in [5, 5.41) is 0. The van der Waals surface area contributed by atoms with Gasteiger partial charge in [0.2, 0.25) is 5.95 Å². The number of carbonyl (C=O) groups is 1. The lowest BCUT2D eigenvalue weighted by atomic mass is 10.0. The lowest BCUT2D eigenvalue weighted by Crippen LogP contribution is -2.49. The maximum absolute atomic E-state index is 13.1. The van der Waals surface area contributed by atoms with Gasteiger partial charge in [0, 0.05) is 19.1 Å². The average Bonchev–Trinajstić information content (AvgIpc) is 3.01. The highest BCUT2D eigenvalue weighted by Gasteiger charge is 2.30. The zero-order chi connectivity index (χ0) is 13.9. The van der Waals surface area contributed by atoms with Crippen LogP contribution in [0.15, 0.2) is 18.2 Å². The lowest BCUT2D eigenvalue weighted by molar-refractivity contribution is 0.0601. The first-order valence-corrected chi connectivity index (χ1v) is 7.40. The van der Waals surface area contributed by atoms with Crippen molar-refractivity contribution < 1.29 is 9.18 Å². The predicted octanol–water partition coefficient (Wildman–Crippen LogP) is 1.92. The van der Waals surface area contributed by atoms with Crippen molar-refractivity contribution in [3.8, 4) is 0 Å². The van der Waals surface area contributed by atoms with Crippen LogP contribution in [0.25, 0.3) is 0 Å². The van der Waals surface area contributed by atoms with Gasteiger partial charge in [-0.25, -0.2) is 4.98 Å². The number of hydrogen-bond acceptors (Lipinski definition) is 3. The average molecular weight is 277 g/mol. The summed E-state index contributed by atoms with van der Waals surface area (Å²) in [6.45, 7) is 3.79. The number of amides is 1. The van der Waals surface area contributed by atoms with Gasteiger partial charge < -0.3 is 4.90 Å². The smallest absolute Gasteiger partial charge is 0.272 e. The lowest BCUT2D eigenvalue weighted by Gasteiger charge is -2.37. The van der Waals surface area contributed by atoms with Gasteiger partial charge in [0.1, 0.15) is 5.69 Å². The minimum absolute atomic E-state index is 0.145. The summed E-state index contributed by atoms with van der Waals surface area (Å²) >= 11 is 0. The van der Waals surface area contributed by atoms with E-state index < -0.39 is 5.95 Å². The summed E-state index contributed by atoms with van der Waals surface area (Å²) < 4.78 is 13.1. The Balaban J connectivity index is 1.68. The molecule has 1 amide bonds.